The van der Waals surface area contributed by atoms with Gasteiger partial charge < -0.3 is 14.4 Å². The lowest BCUT2D eigenvalue weighted by Crippen LogP contribution is -2.18. The number of rotatable bonds is 8. The molecule has 73 heavy (non-hydrogen) atoms. The predicted octanol–water partition coefficient (Wildman–Crippen LogP) is 19.2. The van der Waals surface area contributed by atoms with E-state index in [2.05, 4.69) is 291 Å². The lowest BCUT2D eigenvalue weighted by atomic mass is 9.82. The Labute approximate surface area is 427 Å². The summed E-state index contributed by atoms with van der Waals surface area (Å²) in [6, 6.07) is 92.1. The Morgan fingerprint density at radius 2 is 0.795 bits per heavy atom. The summed E-state index contributed by atoms with van der Waals surface area (Å²) in [6.07, 6.45) is 0. The minimum absolute atomic E-state index is 0.125. The third kappa shape index (κ3) is 6.65. The van der Waals surface area contributed by atoms with Crippen molar-refractivity contribution in [1.29, 1.82) is 0 Å². The highest BCUT2D eigenvalue weighted by molar-refractivity contribution is 6.10. The SMILES string of the molecule is CC1(C)c2ccccc2-c2ccc(N(c3ccc(-c4ccc5c6ccccc6n(-c6cccc(N(c7ccccc7)c7cccc8ccccc78)c6)c5c4)cc3)c3ccc4c(c3)C(C)(C)c3ccccc3-4)cc21. The van der Waals surface area contributed by atoms with Crippen LogP contribution in [0.25, 0.3) is 71.6 Å². The van der Waals surface area contributed by atoms with Crippen molar-refractivity contribution in [3.05, 3.63) is 271 Å². The number of benzene rings is 11. The molecule has 0 atom stereocenters. The van der Waals surface area contributed by atoms with E-state index in [0.717, 1.165) is 39.8 Å². The van der Waals surface area contributed by atoms with Crippen molar-refractivity contribution in [3.63, 3.8) is 0 Å². The summed E-state index contributed by atoms with van der Waals surface area (Å²) in [5, 5.41) is 4.88. The average Bonchev–Trinajstić information content (AvgIpc) is 3.98. The fourth-order valence-corrected chi connectivity index (χ4v) is 12.5. The van der Waals surface area contributed by atoms with Crippen LogP contribution in [-0.2, 0) is 10.8 Å². The van der Waals surface area contributed by atoms with Crippen LogP contribution >= 0.6 is 0 Å². The van der Waals surface area contributed by atoms with Crippen molar-refractivity contribution in [1.82, 2.24) is 4.57 Å². The zero-order valence-electron chi connectivity index (χ0n) is 41.5. The zero-order valence-corrected chi connectivity index (χ0v) is 41.5. The van der Waals surface area contributed by atoms with Crippen LogP contribution in [0, 0.1) is 0 Å². The average molecular weight is 936 g/mol. The molecule has 0 fully saturated rings. The van der Waals surface area contributed by atoms with Gasteiger partial charge in [-0.3, -0.25) is 0 Å². The molecule has 0 N–H and O–H groups in total. The molecule has 14 rings (SSSR count). The molecule has 348 valence electrons. The maximum atomic E-state index is 2.47. The second-order valence-corrected chi connectivity index (χ2v) is 21.0. The summed E-state index contributed by atoms with van der Waals surface area (Å²) in [6.45, 7) is 9.48. The van der Waals surface area contributed by atoms with Crippen molar-refractivity contribution < 1.29 is 0 Å². The number of nitrogens with zero attached hydrogens (tertiary/aromatic N) is 3. The van der Waals surface area contributed by atoms with E-state index in [1.165, 1.54) is 88.2 Å². The van der Waals surface area contributed by atoms with Crippen LogP contribution in [0.2, 0.25) is 0 Å². The molecule has 2 aliphatic rings. The van der Waals surface area contributed by atoms with E-state index >= 15 is 0 Å². The Kier molecular flexibility index (Phi) is 9.59. The van der Waals surface area contributed by atoms with Crippen LogP contribution in [0.1, 0.15) is 49.9 Å². The van der Waals surface area contributed by atoms with Gasteiger partial charge >= 0.3 is 0 Å². The molecule has 0 saturated carbocycles. The first kappa shape index (κ1) is 42.9. The molecular formula is C70H53N3. The molecular weight excluding hydrogens is 883 g/mol. The van der Waals surface area contributed by atoms with Crippen LogP contribution in [0.5, 0.6) is 0 Å². The molecule has 0 spiro atoms. The monoisotopic (exact) mass is 935 g/mol. The van der Waals surface area contributed by atoms with Gasteiger partial charge in [0.05, 0.1) is 16.7 Å². The van der Waals surface area contributed by atoms with E-state index < -0.39 is 0 Å². The smallest absolute Gasteiger partial charge is 0.0547 e. The van der Waals surface area contributed by atoms with Crippen molar-refractivity contribution in [2.24, 2.45) is 0 Å². The van der Waals surface area contributed by atoms with Gasteiger partial charge in [0.2, 0.25) is 0 Å². The standard InChI is InChI=1S/C70H53N3/c1-69(2)62-28-13-10-25-56(62)58-40-37-53(44-64(58)69)71(54-38-41-59-57-26-11-14-29-63(57)70(3,4)65(59)45-54)50-35-32-46(33-36-50)48-34-39-61-60-27-12-15-30-67(60)73(68(61)42-48)52-23-17-22-51(43-52)72(49-20-6-5-7-21-49)66-31-16-19-47-18-8-9-24-55(47)66/h5-45H,1-4H3. The van der Waals surface area contributed by atoms with Crippen LogP contribution in [0.15, 0.2) is 249 Å². The maximum absolute atomic E-state index is 2.47. The lowest BCUT2D eigenvalue weighted by molar-refractivity contribution is 0.660. The van der Waals surface area contributed by atoms with E-state index in [1.807, 2.05) is 0 Å². The Morgan fingerprint density at radius 1 is 0.301 bits per heavy atom. The molecule has 2 aliphatic carbocycles. The summed E-state index contributed by atoms with van der Waals surface area (Å²) in [5.74, 6) is 0. The molecule has 0 amide bonds. The molecule has 0 unspecified atom stereocenters. The number of aromatic nitrogens is 1. The summed E-state index contributed by atoms with van der Waals surface area (Å²) in [5.41, 5.74) is 23.1. The second kappa shape index (κ2) is 16.3. The van der Waals surface area contributed by atoms with Crippen molar-refractivity contribution in [2.75, 3.05) is 9.80 Å². The molecule has 11 aromatic carbocycles. The van der Waals surface area contributed by atoms with Gasteiger partial charge in [0.1, 0.15) is 0 Å². The fourth-order valence-electron chi connectivity index (χ4n) is 12.5. The number of hydrogen-bond donors (Lipinski definition) is 0. The first-order chi connectivity index (χ1) is 35.7. The molecule has 0 bridgehead atoms. The van der Waals surface area contributed by atoms with Crippen molar-refractivity contribution >= 4 is 66.7 Å². The van der Waals surface area contributed by atoms with Gasteiger partial charge in [-0.1, -0.05) is 191 Å². The normalized spacial score (nSPS) is 13.7. The van der Waals surface area contributed by atoms with Crippen LogP contribution in [0.3, 0.4) is 0 Å². The van der Waals surface area contributed by atoms with Crippen molar-refractivity contribution in [2.45, 2.75) is 38.5 Å². The number of para-hydroxylation sites is 2. The van der Waals surface area contributed by atoms with E-state index in [0.29, 0.717) is 0 Å². The molecule has 0 saturated heterocycles. The van der Waals surface area contributed by atoms with E-state index in [9.17, 15) is 0 Å². The summed E-state index contributed by atoms with van der Waals surface area (Å²) < 4.78 is 2.45. The summed E-state index contributed by atoms with van der Waals surface area (Å²) >= 11 is 0. The number of hydrogen-bond acceptors (Lipinski definition) is 2. The maximum Gasteiger partial charge on any atom is 0.0547 e. The lowest BCUT2D eigenvalue weighted by Gasteiger charge is -2.30. The van der Waals surface area contributed by atoms with Crippen LogP contribution in [0.4, 0.5) is 34.1 Å². The van der Waals surface area contributed by atoms with Gasteiger partial charge in [-0.15, -0.1) is 0 Å². The Morgan fingerprint density at radius 3 is 1.49 bits per heavy atom. The van der Waals surface area contributed by atoms with Gasteiger partial charge in [0, 0.05) is 61.1 Å². The van der Waals surface area contributed by atoms with Crippen LogP contribution in [-0.4, -0.2) is 4.57 Å². The second-order valence-electron chi connectivity index (χ2n) is 21.0. The van der Waals surface area contributed by atoms with Gasteiger partial charge in [0.15, 0.2) is 0 Å². The molecule has 12 aromatic rings. The number of fused-ring (bicyclic) bond motifs is 10. The van der Waals surface area contributed by atoms with Gasteiger partial charge in [-0.05, 0) is 146 Å². The molecule has 0 aliphatic heterocycles. The van der Waals surface area contributed by atoms with Gasteiger partial charge in [-0.2, -0.15) is 0 Å². The minimum Gasteiger partial charge on any atom is -0.310 e. The third-order valence-electron chi connectivity index (χ3n) is 16.2. The summed E-state index contributed by atoms with van der Waals surface area (Å²) in [7, 11) is 0. The molecule has 0 radical (unpaired) electrons. The third-order valence-corrected chi connectivity index (χ3v) is 16.2. The van der Waals surface area contributed by atoms with E-state index in [1.54, 1.807) is 0 Å². The Bertz CT molecular complexity index is 4040. The predicted molar refractivity (Wildman–Crippen MR) is 308 cm³/mol. The fraction of sp³-hybridized carbons (Fsp3) is 0.0857. The first-order valence-electron chi connectivity index (χ1n) is 25.6. The van der Waals surface area contributed by atoms with E-state index in [4.69, 9.17) is 0 Å². The van der Waals surface area contributed by atoms with Crippen molar-refractivity contribution in [3.8, 4) is 39.1 Å². The minimum atomic E-state index is -0.125. The summed E-state index contributed by atoms with van der Waals surface area (Å²) in [4.78, 5) is 4.86. The zero-order chi connectivity index (χ0) is 49.0. The first-order valence-corrected chi connectivity index (χ1v) is 25.6. The Hall–Kier alpha value is -8.92. The topological polar surface area (TPSA) is 11.4 Å². The molecule has 1 aromatic heterocycles. The molecule has 3 heteroatoms. The van der Waals surface area contributed by atoms with Gasteiger partial charge in [-0.25, -0.2) is 0 Å². The van der Waals surface area contributed by atoms with E-state index in [-0.39, 0.29) is 10.8 Å². The Balaban J connectivity index is 0.886. The van der Waals surface area contributed by atoms with Gasteiger partial charge in [0.25, 0.3) is 0 Å². The molecule has 1 heterocycles. The highest BCUT2D eigenvalue weighted by Gasteiger charge is 2.38. The quantitative estimate of drug-likeness (QED) is 0.150. The largest absolute Gasteiger partial charge is 0.310 e. The highest BCUT2D eigenvalue weighted by Crippen LogP contribution is 2.53. The number of anilines is 6. The molecule has 3 nitrogen and oxygen atoms in total. The van der Waals surface area contributed by atoms with Crippen LogP contribution < -0.4 is 9.80 Å². The highest BCUT2D eigenvalue weighted by atomic mass is 15.2.